The molecule has 5 heteroatoms. The van der Waals surface area contributed by atoms with Gasteiger partial charge in [-0.05, 0) is 35.0 Å². The average molecular weight is 349 g/mol. The summed E-state index contributed by atoms with van der Waals surface area (Å²) in [5.74, 6) is -0.597. The van der Waals surface area contributed by atoms with Gasteiger partial charge in [-0.1, -0.05) is 54.1 Å². The maximum Gasteiger partial charge on any atom is 0.266 e. The Bertz CT molecular complexity index is 1040. The first-order valence-corrected chi connectivity index (χ1v) is 7.86. The van der Waals surface area contributed by atoms with Crippen LogP contribution in [0.5, 0.6) is 5.75 Å². The number of amides is 1. The Hall–Kier alpha value is -3.29. The second kappa shape index (κ2) is 7.08. The Morgan fingerprint density at radius 1 is 1.08 bits per heavy atom. The van der Waals surface area contributed by atoms with Crippen LogP contribution in [-0.4, -0.2) is 11.0 Å². The van der Waals surface area contributed by atoms with Crippen molar-refractivity contribution in [3.05, 3.63) is 76.8 Å². The minimum absolute atomic E-state index is 0.00278. The molecular weight excluding hydrogens is 336 g/mol. The molecule has 4 nitrogen and oxygen atoms in total. The predicted octanol–water partition coefficient (Wildman–Crippen LogP) is 4.74. The number of halogens is 1. The number of nitrogens with one attached hydrogen (secondary N) is 1. The largest absolute Gasteiger partial charge is 0.507 e. The summed E-state index contributed by atoms with van der Waals surface area (Å²) in [5, 5.41) is 24.2. The van der Waals surface area contributed by atoms with Gasteiger partial charge in [-0.3, -0.25) is 4.79 Å². The molecule has 0 saturated carbocycles. The number of benzene rings is 3. The highest BCUT2D eigenvalue weighted by Gasteiger charge is 2.13. The Kier molecular flexibility index (Phi) is 4.69. The average Bonchev–Trinajstić information content (AvgIpc) is 2.63. The molecule has 0 aliphatic heterocycles. The van der Waals surface area contributed by atoms with Crippen molar-refractivity contribution in [2.24, 2.45) is 0 Å². The number of nitriles is 1. The van der Waals surface area contributed by atoms with Crippen LogP contribution in [0.25, 0.3) is 16.8 Å². The molecule has 0 spiro atoms. The lowest BCUT2D eigenvalue weighted by Gasteiger charge is -2.08. The van der Waals surface area contributed by atoms with Crippen LogP contribution in [0.1, 0.15) is 5.56 Å². The third kappa shape index (κ3) is 3.47. The van der Waals surface area contributed by atoms with Gasteiger partial charge in [0.2, 0.25) is 0 Å². The monoisotopic (exact) mass is 348 g/mol. The summed E-state index contributed by atoms with van der Waals surface area (Å²) < 4.78 is 0. The molecule has 0 radical (unpaired) electrons. The Morgan fingerprint density at radius 2 is 1.80 bits per heavy atom. The summed E-state index contributed by atoms with van der Waals surface area (Å²) >= 11 is 6.02. The van der Waals surface area contributed by atoms with E-state index < -0.39 is 5.91 Å². The van der Waals surface area contributed by atoms with Crippen molar-refractivity contribution < 1.29 is 9.90 Å². The molecule has 0 fully saturated rings. The van der Waals surface area contributed by atoms with Gasteiger partial charge in [0.25, 0.3) is 5.91 Å². The molecule has 1 amide bonds. The van der Waals surface area contributed by atoms with Gasteiger partial charge >= 0.3 is 0 Å². The van der Waals surface area contributed by atoms with E-state index in [1.165, 1.54) is 12.1 Å². The van der Waals surface area contributed by atoms with E-state index in [0.717, 1.165) is 10.8 Å². The molecule has 0 aromatic heterocycles. The number of carbonyl (C=O) groups is 1. The summed E-state index contributed by atoms with van der Waals surface area (Å²) in [7, 11) is 0. The molecule has 2 N–H and O–H groups in total. The van der Waals surface area contributed by atoms with Gasteiger partial charge in [0.1, 0.15) is 17.4 Å². The molecule has 25 heavy (non-hydrogen) atoms. The van der Waals surface area contributed by atoms with E-state index in [2.05, 4.69) is 5.32 Å². The standard InChI is InChI=1S/C20H13ClN2O2/c21-17-7-3-4-8-18(17)23-20(25)14(12-22)11-16-15-6-2-1-5-13(15)9-10-19(16)24/h1-11,24H,(H,23,25). The van der Waals surface area contributed by atoms with Gasteiger partial charge < -0.3 is 10.4 Å². The molecule has 0 saturated heterocycles. The first-order chi connectivity index (χ1) is 12.1. The maximum atomic E-state index is 12.4. The van der Waals surface area contributed by atoms with Gasteiger partial charge in [0.05, 0.1) is 10.7 Å². The van der Waals surface area contributed by atoms with Crippen LogP contribution < -0.4 is 5.32 Å². The quantitative estimate of drug-likeness (QED) is 0.530. The van der Waals surface area contributed by atoms with Crippen LogP contribution in [0, 0.1) is 11.3 Å². The number of anilines is 1. The normalized spacial score (nSPS) is 11.1. The zero-order valence-electron chi connectivity index (χ0n) is 13.0. The molecule has 3 rings (SSSR count). The number of nitrogens with zero attached hydrogens (tertiary/aromatic N) is 1. The van der Waals surface area contributed by atoms with Crippen LogP contribution >= 0.6 is 11.6 Å². The van der Waals surface area contributed by atoms with E-state index in [1.807, 2.05) is 30.3 Å². The van der Waals surface area contributed by atoms with Crippen molar-refractivity contribution in [2.75, 3.05) is 5.32 Å². The molecule has 0 bridgehead atoms. The van der Waals surface area contributed by atoms with E-state index in [1.54, 1.807) is 30.3 Å². The van der Waals surface area contributed by atoms with Crippen molar-refractivity contribution in [3.63, 3.8) is 0 Å². The predicted molar refractivity (Wildman–Crippen MR) is 99.3 cm³/mol. The van der Waals surface area contributed by atoms with Crippen LogP contribution in [0.15, 0.2) is 66.2 Å². The minimum atomic E-state index is -0.595. The number of hydrogen-bond donors (Lipinski definition) is 2. The van der Waals surface area contributed by atoms with Crippen LogP contribution in [0.3, 0.4) is 0 Å². The Morgan fingerprint density at radius 3 is 2.56 bits per heavy atom. The Labute approximate surface area is 149 Å². The fraction of sp³-hybridized carbons (Fsp3) is 0. The Balaban J connectivity index is 2.02. The number of phenolic OH excluding ortho intramolecular Hbond substituents is 1. The molecule has 0 unspecified atom stereocenters. The summed E-state index contributed by atoms with van der Waals surface area (Å²) in [6, 6.07) is 19.4. The first-order valence-electron chi connectivity index (χ1n) is 7.48. The SMILES string of the molecule is N#CC(=Cc1c(O)ccc2ccccc12)C(=O)Nc1ccccc1Cl. The summed E-state index contributed by atoms with van der Waals surface area (Å²) in [4.78, 5) is 12.4. The number of carbonyl (C=O) groups excluding carboxylic acids is 1. The molecule has 0 atom stereocenters. The molecule has 0 aliphatic carbocycles. The lowest BCUT2D eigenvalue weighted by molar-refractivity contribution is -0.112. The van der Waals surface area contributed by atoms with Crippen molar-refractivity contribution in [1.29, 1.82) is 5.26 Å². The highest BCUT2D eigenvalue weighted by atomic mass is 35.5. The van der Waals surface area contributed by atoms with Crippen molar-refractivity contribution in [2.45, 2.75) is 0 Å². The molecule has 3 aromatic carbocycles. The zero-order valence-corrected chi connectivity index (χ0v) is 13.8. The smallest absolute Gasteiger partial charge is 0.266 e. The maximum absolute atomic E-state index is 12.4. The topological polar surface area (TPSA) is 73.1 Å². The van der Waals surface area contributed by atoms with Gasteiger partial charge in [0.15, 0.2) is 0 Å². The fourth-order valence-corrected chi connectivity index (χ4v) is 2.66. The lowest BCUT2D eigenvalue weighted by atomic mass is 10.0. The second-order valence-corrected chi connectivity index (χ2v) is 5.73. The number of phenols is 1. The molecule has 0 aliphatic rings. The van der Waals surface area contributed by atoms with Gasteiger partial charge in [-0.2, -0.15) is 5.26 Å². The summed E-state index contributed by atoms with van der Waals surface area (Å²) in [5.41, 5.74) is 0.702. The van der Waals surface area contributed by atoms with E-state index >= 15 is 0 Å². The lowest BCUT2D eigenvalue weighted by Crippen LogP contribution is -2.13. The highest BCUT2D eigenvalue weighted by Crippen LogP contribution is 2.29. The molecule has 122 valence electrons. The van der Waals surface area contributed by atoms with Crippen molar-refractivity contribution >= 4 is 40.0 Å². The van der Waals surface area contributed by atoms with E-state index in [4.69, 9.17) is 11.6 Å². The first kappa shape index (κ1) is 16.6. The second-order valence-electron chi connectivity index (χ2n) is 5.32. The number of hydrogen-bond acceptors (Lipinski definition) is 3. The van der Waals surface area contributed by atoms with Gasteiger partial charge in [0, 0.05) is 5.56 Å². The van der Waals surface area contributed by atoms with Gasteiger partial charge in [-0.15, -0.1) is 0 Å². The molecular formula is C20H13ClN2O2. The third-order valence-corrected chi connectivity index (χ3v) is 4.05. The molecule has 0 heterocycles. The zero-order chi connectivity index (χ0) is 17.8. The summed E-state index contributed by atoms with van der Waals surface area (Å²) in [6.45, 7) is 0. The van der Waals surface area contributed by atoms with Crippen LogP contribution in [-0.2, 0) is 4.79 Å². The minimum Gasteiger partial charge on any atom is -0.507 e. The molecule has 3 aromatic rings. The number of para-hydroxylation sites is 1. The van der Waals surface area contributed by atoms with E-state index in [9.17, 15) is 15.2 Å². The fourth-order valence-electron chi connectivity index (χ4n) is 2.48. The number of aromatic hydroxyl groups is 1. The van der Waals surface area contributed by atoms with Crippen molar-refractivity contribution in [3.8, 4) is 11.8 Å². The van der Waals surface area contributed by atoms with Gasteiger partial charge in [-0.25, -0.2) is 0 Å². The van der Waals surface area contributed by atoms with Crippen molar-refractivity contribution in [1.82, 2.24) is 0 Å². The van der Waals surface area contributed by atoms with E-state index in [0.29, 0.717) is 16.3 Å². The number of rotatable bonds is 3. The van der Waals surface area contributed by atoms with Crippen LogP contribution in [0.2, 0.25) is 5.02 Å². The third-order valence-electron chi connectivity index (χ3n) is 3.72. The van der Waals surface area contributed by atoms with Crippen LogP contribution in [0.4, 0.5) is 5.69 Å². The highest BCUT2D eigenvalue weighted by molar-refractivity contribution is 6.34. The number of fused-ring (bicyclic) bond motifs is 1. The summed E-state index contributed by atoms with van der Waals surface area (Å²) in [6.07, 6.45) is 1.38. The van der Waals surface area contributed by atoms with E-state index in [-0.39, 0.29) is 11.3 Å².